The minimum absolute atomic E-state index is 0.0330. The van der Waals surface area contributed by atoms with Crippen LogP contribution < -0.4 is 25.8 Å². The molecular weight excluding hydrogens is 502 g/mol. The highest BCUT2D eigenvalue weighted by Gasteiger charge is 2.21. The van der Waals surface area contributed by atoms with Crippen molar-refractivity contribution in [3.63, 3.8) is 0 Å². The molecule has 0 bridgehead atoms. The van der Waals surface area contributed by atoms with Crippen LogP contribution in [-0.2, 0) is 0 Å². The van der Waals surface area contributed by atoms with Crippen molar-refractivity contribution in [2.75, 3.05) is 43.5 Å². The normalized spacial score (nSPS) is 13.8. The van der Waals surface area contributed by atoms with E-state index in [1.54, 1.807) is 38.3 Å². The number of nitrogens with one attached hydrogen (secondary N) is 2. The van der Waals surface area contributed by atoms with Crippen LogP contribution in [0.25, 0.3) is 16.6 Å². The van der Waals surface area contributed by atoms with Crippen molar-refractivity contribution in [1.29, 1.82) is 0 Å². The summed E-state index contributed by atoms with van der Waals surface area (Å²) < 4.78 is 35.0. The van der Waals surface area contributed by atoms with Crippen LogP contribution in [0.4, 0.5) is 26.1 Å². The van der Waals surface area contributed by atoms with Gasteiger partial charge in [0.25, 0.3) is 12.0 Å². The predicted octanol–water partition coefficient (Wildman–Crippen LogP) is 4.84. The number of piperazine rings is 1. The number of nitrogens with zero attached hydrogens (tertiary/aromatic N) is 4. The number of rotatable bonds is 6. The van der Waals surface area contributed by atoms with E-state index < -0.39 is 17.5 Å². The first-order chi connectivity index (χ1) is 17.9. The minimum atomic E-state index is -2.88. The van der Waals surface area contributed by atoms with E-state index in [1.165, 1.54) is 6.20 Å². The van der Waals surface area contributed by atoms with Crippen molar-refractivity contribution in [3.8, 4) is 11.4 Å². The van der Waals surface area contributed by atoms with E-state index in [0.29, 0.717) is 22.7 Å². The second kappa shape index (κ2) is 10.3. The molecule has 2 aromatic carbocycles. The van der Waals surface area contributed by atoms with Crippen molar-refractivity contribution >= 4 is 39.8 Å². The number of halogens is 3. The molecule has 3 heterocycles. The highest BCUT2D eigenvalue weighted by molar-refractivity contribution is 6.32. The van der Waals surface area contributed by atoms with Crippen LogP contribution in [0.15, 0.2) is 53.6 Å². The van der Waals surface area contributed by atoms with Crippen molar-refractivity contribution in [2.45, 2.75) is 13.3 Å². The molecule has 37 heavy (non-hydrogen) atoms. The highest BCUT2D eigenvalue weighted by Crippen LogP contribution is 2.33. The number of hydrogen-bond acceptors (Lipinski definition) is 7. The van der Waals surface area contributed by atoms with Gasteiger partial charge in [-0.1, -0.05) is 23.7 Å². The molecule has 5 rings (SSSR count). The van der Waals surface area contributed by atoms with Gasteiger partial charge in [-0.3, -0.25) is 9.36 Å². The molecule has 1 saturated heterocycles. The fourth-order valence-corrected chi connectivity index (χ4v) is 4.83. The highest BCUT2D eigenvalue weighted by atomic mass is 35.5. The number of alkyl halides is 2. The molecule has 0 spiro atoms. The van der Waals surface area contributed by atoms with E-state index in [-0.39, 0.29) is 21.9 Å². The van der Waals surface area contributed by atoms with Crippen LogP contribution in [0.2, 0.25) is 5.02 Å². The third-order valence-electron chi connectivity index (χ3n) is 6.34. The summed E-state index contributed by atoms with van der Waals surface area (Å²) in [6.45, 7) is 5.25. The second-order valence-electron chi connectivity index (χ2n) is 8.67. The topological polar surface area (TPSA) is 84.3 Å². The van der Waals surface area contributed by atoms with Gasteiger partial charge in [0.1, 0.15) is 5.75 Å². The number of hydrogen-bond donors (Lipinski definition) is 2. The zero-order valence-corrected chi connectivity index (χ0v) is 21.0. The lowest BCUT2D eigenvalue weighted by atomic mass is 10.1. The average Bonchev–Trinajstić information content (AvgIpc) is 2.90. The molecule has 192 valence electrons. The molecule has 0 amide bonds. The molecule has 0 saturated carbocycles. The van der Waals surface area contributed by atoms with Crippen LogP contribution >= 0.6 is 11.6 Å². The molecule has 0 unspecified atom stereocenters. The quantitative estimate of drug-likeness (QED) is 0.372. The Kier molecular flexibility index (Phi) is 6.94. The molecule has 1 fully saturated rings. The Morgan fingerprint density at radius 1 is 1.19 bits per heavy atom. The van der Waals surface area contributed by atoms with Gasteiger partial charge < -0.3 is 20.3 Å². The standard InChI is InChI=1S/C26H25ClF2N6O2/c1-15-4-3-5-19(27)23(15)35-14-18(24(28)29)22-17(25(35)36)13-31-26(33-22)32-16-6-7-20(21(12-16)37-2)34-10-8-30-9-11-34/h3-7,12-14,24,30H,8-11H2,1-2H3,(H,31,32,33). The fraction of sp³-hybridized carbons (Fsp3) is 0.269. The van der Waals surface area contributed by atoms with E-state index in [0.717, 1.165) is 42.6 Å². The Morgan fingerprint density at radius 3 is 2.68 bits per heavy atom. The number of methoxy groups -OCH3 is 1. The summed E-state index contributed by atoms with van der Waals surface area (Å²) in [4.78, 5) is 24.0. The lowest BCUT2D eigenvalue weighted by Gasteiger charge is -2.30. The zero-order chi connectivity index (χ0) is 26.1. The first kappa shape index (κ1) is 24.9. The zero-order valence-electron chi connectivity index (χ0n) is 20.3. The van der Waals surface area contributed by atoms with E-state index in [9.17, 15) is 13.6 Å². The maximum absolute atomic E-state index is 14.1. The van der Waals surface area contributed by atoms with Gasteiger partial charge in [-0.05, 0) is 30.7 Å². The molecule has 2 N–H and O–H groups in total. The van der Waals surface area contributed by atoms with Crippen molar-refractivity contribution in [2.24, 2.45) is 0 Å². The van der Waals surface area contributed by atoms with Crippen molar-refractivity contribution in [3.05, 3.63) is 75.3 Å². The van der Waals surface area contributed by atoms with Gasteiger partial charge in [0.2, 0.25) is 5.95 Å². The number of para-hydroxylation sites is 1. The number of pyridine rings is 1. The molecule has 0 radical (unpaired) electrons. The number of aryl methyl sites for hydroxylation is 1. The summed E-state index contributed by atoms with van der Waals surface area (Å²) in [5.41, 5.74) is 1.54. The third kappa shape index (κ3) is 4.82. The van der Waals surface area contributed by atoms with Gasteiger partial charge in [0.05, 0.1) is 40.0 Å². The fourth-order valence-electron chi connectivity index (χ4n) is 4.51. The number of aromatic nitrogens is 3. The smallest absolute Gasteiger partial charge is 0.267 e. The van der Waals surface area contributed by atoms with Crippen molar-refractivity contribution < 1.29 is 13.5 Å². The van der Waals surface area contributed by atoms with Crippen LogP contribution in [-0.4, -0.2) is 47.8 Å². The molecule has 1 aliphatic rings. The molecule has 2 aromatic heterocycles. The summed E-state index contributed by atoms with van der Waals surface area (Å²) in [5, 5.41) is 6.61. The molecule has 0 atom stereocenters. The maximum atomic E-state index is 14.1. The monoisotopic (exact) mass is 526 g/mol. The van der Waals surface area contributed by atoms with Crippen LogP contribution in [0, 0.1) is 6.92 Å². The SMILES string of the molecule is COc1cc(Nc2ncc3c(=O)n(-c4c(C)cccc4Cl)cc(C(F)F)c3n2)ccc1N1CCNCC1. The Labute approximate surface area is 216 Å². The maximum Gasteiger partial charge on any atom is 0.267 e. The Morgan fingerprint density at radius 2 is 1.97 bits per heavy atom. The molecular formula is C26H25ClF2N6O2. The minimum Gasteiger partial charge on any atom is -0.495 e. The number of fused-ring (bicyclic) bond motifs is 1. The van der Waals surface area contributed by atoms with Gasteiger partial charge in [-0.2, -0.15) is 0 Å². The van der Waals surface area contributed by atoms with E-state index in [4.69, 9.17) is 16.3 Å². The van der Waals surface area contributed by atoms with E-state index in [2.05, 4.69) is 25.5 Å². The first-order valence-corrected chi connectivity index (χ1v) is 12.1. The summed E-state index contributed by atoms with van der Waals surface area (Å²) >= 11 is 6.32. The Bertz CT molecular complexity index is 1500. The summed E-state index contributed by atoms with van der Waals surface area (Å²) in [6.07, 6.45) is -0.516. The predicted molar refractivity (Wildman–Crippen MR) is 141 cm³/mol. The first-order valence-electron chi connectivity index (χ1n) is 11.7. The van der Waals surface area contributed by atoms with Gasteiger partial charge in [-0.25, -0.2) is 18.7 Å². The second-order valence-corrected chi connectivity index (χ2v) is 9.08. The molecule has 1 aliphatic heterocycles. The Hall–Kier alpha value is -3.76. The van der Waals surface area contributed by atoms with Crippen LogP contribution in [0.5, 0.6) is 5.75 Å². The molecule has 0 aliphatic carbocycles. The number of benzene rings is 2. The average molecular weight is 527 g/mol. The van der Waals surface area contributed by atoms with E-state index >= 15 is 0 Å². The molecule has 8 nitrogen and oxygen atoms in total. The summed E-state index contributed by atoms with van der Waals surface area (Å²) in [7, 11) is 1.60. The largest absolute Gasteiger partial charge is 0.495 e. The van der Waals surface area contributed by atoms with Gasteiger partial charge in [0, 0.05) is 50.3 Å². The molecule has 11 heteroatoms. The number of anilines is 3. The summed E-state index contributed by atoms with van der Waals surface area (Å²) in [6, 6.07) is 10.7. The van der Waals surface area contributed by atoms with Gasteiger partial charge in [0.15, 0.2) is 0 Å². The van der Waals surface area contributed by atoms with Gasteiger partial charge >= 0.3 is 0 Å². The lowest BCUT2D eigenvalue weighted by molar-refractivity contribution is 0.152. The lowest BCUT2D eigenvalue weighted by Crippen LogP contribution is -2.43. The van der Waals surface area contributed by atoms with Crippen molar-refractivity contribution in [1.82, 2.24) is 19.9 Å². The third-order valence-corrected chi connectivity index (χ3v) is 6.64. The molecule has 4 aromatic rings. The van der Waals surface area contributed by atoms with E-state index in [1.807, 2.05) is 12.1 Å². The van der Waals surface area contributed by atoms with Crippen LogP contribution in [0.3, 0.4) is 0 Å². The van der Waals surface area contributed by atoms with Gasteiger partial charge in [-0.15, -0.1) is 0 Å². The summed E-state index contributed by atoms with van der Waals surface area (Å²) in [5.74, 6) is 0.747. The van der Waals surface area contributed by atoms with Crippen LogP contribution in [0.1, 0.15) is 17.6 Å². The Balaban J connectivity index is 1.54. The number of ether oxygens (including phenoxy) is 1.